The molecule has 0 aromatic carbocycles. The first-order valence-corrected chi connectivity index (χ1v) is 6.39. The van der Waals surface area contributed by atoms with Gasteiger partial charge in [0.1, 0.15) is 0 Å². The van der Waals surface area contributed by atoms with Crippen molar-refractivity contribution in [1.29, 1.82) is 0 Å². The monoisotopic (exact) mass is 259 g/mol. The van der Waals surface area contributed by atoms with Gasteiger partial charge in [-0.05, 0) is 18.8 Å². The molecule has 0 saturated heterocycles. The summed E-state index contributed by atoms with van der Waals surface area (Å²) in [5, 5.41) is 4.88. The van der Waals surface area contributed by atoms with E-state index in [-0.39, 0.29) is 6.04 Å². The van der Waals surface area contributed by atoms with Crippen LogP contribution in [0.15, 0.2) is 6.20 Å². The normalized spacial score (nSPS) is 13.3. The second-order valence-corrected chi connectivity index (χ2v) is 5.08. The minimum Gasteiger partial charge on any atom is -0.383 e. The number of hydrogen-bond donors (Lipinski definition) is 1. The van der Waals surface area contributed by atoms with E-state index in [1.807, 2.05) is 4.68 Å². The van der Waals surface area contributed by atoms with Gasteiger partial charge in [0.05, 0.1) is 30.1 Å². The zero-order valence-electron chi connectivity index (χ0n) is 10.8. The van der Waals surface area contributed by atoms with Crippen LogP contribution < -0.4 is 5.73 Å². The third-order valence-electron chi connectivity index (χ3n) is 2.75. The molecule has 2 N–H and O–H groups in total. The van der Waals surface area contributed by atoms with Crippen LogP contribution in [0.25, 0.3) is 0 Å². The molecule has 0 spiro atoms. The van der Waals surface area contributed by atoms with E-state index in [9.17, 15) is 0 Å². The van der Waals surface area contributed by atoms with Gasteiger partial charge in [0.2, 0.25) is 0 Å². The molecule has 0 aliphatic heterocycles. The van der Waals surface area contributed by atoms with Gasteiger partial charge in [0.25, 0.3) is 0 Å². The molecule has 0 aliphatic rings. The van der Waals surface area contributed by atoms with Gasteiger partial charge in [0, 0.05) is 13.2 Å². The first-order chi connectivity index (χ1) is 8.06. The zero-order valence-corrected chi connectivity index (χ0v) is 11.6. The summed E-state index contributed by atoms with van der Waals surface area (Å²) in [6, 6.07) is -0.0516. The van der Waals surface area contributed by atoms with Crippen LogP contribution in [-0.4, -0.2) is 23.5 Å². The zero-order chi connectivity index (χ0) is 12.8. The summed E-state index contributed by atoms with van der Waals surface area (Å²) in [7, 11) is 1.67. The third kappa shape index (κ3) is 4.30. The molecule has 1 aromatic heterocycles. The maximum atomic E-state index is 6.18. The van der Waals surface area contributed by atoms with Crippen molar-refractivity contribution >= 4 is 11.6 Å². The second kappa shape index (κ2) is 6.99. The molecule has 0 aliphatic carbocycles. The van der Waals surface area contributed by atoms with Crippen molar-refractivity contribution in [3.8, 4) is 0 Å². The molecule has 98 valence electrons. The fourth-order valence-corrected chi connectivity index (χ4v) is 2.03. The lowest BCUT2D eigenvalue weighted by Crippen LogP contribution is -2.19. The first-order valence-electron chi connectivity index (χ1n) is 6.02. The highest BCUT2D eigenvalue weighted by atomic mass is 35.5. The fraction of sp³-hybridized carbons (Fsp3) is 0.750. The largest absolute Gasteiger partial charge is 0.383 e. The number of methoxy groups -OCH3 is 1. The molecule has 0 fully saturated rings. The molecule has 1 unspecified atom stereocenters. The van der Waals surface area contributed by atoms with E-state index in [0.717, 1.165) is 18.5 Å². The Kier molecular flexibility index (Phi) is 5.95. The minimum absolute atomic E-state index is 0.0516. The molecule has 17 heavy (non-hydrogen) atoms. The SMILES string of the molecule is COCCn1ncc(Cl)c1C(N)CCC(C)C. The van der Waals surface area contributed by atoms with Gasteiger partial charge in [0.15, 0.2) is 0 Å². The Balaban J connectivity index is 2.69. The number of rotatable bonds is 7. The number of aromatic nitrogens is 2. The number of halogens is 1. The van der Waals surface area contributed by atoms with E-state index in [2.05, 4.69) is 18.9 Å². The third-order valence-corrected chi connectivity index (χ3v) is 3.04. The van der Waals surface area contributed by atoms with Crippen LogP contribution in [0, 0.1) is 5.92 Å². The number of nitrogens with two attached hydrogens (primary N) is 1. The lowest BCUT2D eigenvalue weighted by Gasteiger charge is -2.16. The molecule has 1 atom stereocenters. The van der Waals surface area contributed by atoms with E-state index in [4.69, 9.17) is 22.1 Å². The summed E-state index contributed by atoms with van der Waals surface area (Å²) < 4.78 is 6.89. The molecule has 1 rings (SSSR count). The van der Waals surface area contributed by atoms with Crippen molar-refractivity contribution < 1.29 is 4.74 Å². The van der Waals surface area contributed by atoms with Gasteiger partial charge in [-0.2, -0.15) is 5.10 Å². The maximum absolute atomic E-state index is 6.18. The predicted molar refractivity (Wildman–Crippen MR) is 70.1 cm³/mol. The number of ether oxygens (including phenoxy) is 1. The van der Waals surface area contributed by atoms with Gasteiger partial charge in [-0.1, -0.05) is 25.4 Å². The summed E-state index contributed by atoms with van der Waals surface area (Å²) in [6.45, 7) is 5.68. The summed E-state index contributed by atoms with van der Waals surface area (Å²) in [5.74, 6) is 0.648. The van der Waals surface area contributed by atoms with Gasteiger partial charge in [-0.3, -0.25) is 4.68 Å². The van der Waals surface area contributed by atoms with Crippen LogP contribution in [-0.2, 0) is 11.3 Å². The Morgan fingerprint density at radius 2 is 2.18 bits per heavy atom. The van der Waals surface area contributed by atoms with E-state index in [0.29, 0.717) is 24.1 Å². The Morgan fingerprint density at radius 3 is 2.76 bits per heavy atom. The van der Waals surface area contributed by atoms with Crippen LogP contribution in [0.1, 0.15) is 38.4 Å². The number of hydrogen-bond acceptors (Lipinski definition) is 3. The van der Waals surface area contributed by atoms with Crippen molar-refractivity contribution in [2.24, 2.45) is 11.7 Å². The van der Waals surface area contributed by atoms with Crippen LogP contribution in [0.3, 0.4) is 0 Å². The van der Waals surface area contributed by atoms with Crippen molar-refractivity contribution in [3.63, 3.8) is 0 Å². The van der Waals surface area contributed by atoms with E-state index in [1.54, 1.807) is 13.3 Å². The molecule has 0 radical (unpaired) electrons. The van der Waals surface area contributed by atoms with Crippen molar-refractivity contribution in [1.82, 2.24) is 9.78 Å². The van der Waals surface area contributed by atoms with Crippen LogP contribution in [0.4, 0.5) is 0 Å². The average molecular weight is 260 g/mol. The van der Waals surface area contributed by atoms with Crippen LogP contribution >= 0.6 is 11.6 Å². The summed E-state index contributed by atoms with van der Waals surface area (Å²) in [5.41, 5.74) is 7.10. The van der Waals surface area contributed by atoms with E-state index >= 15 is 0 Å². The van der Waals surface area contributed by atoms with Crippen LogP contribution in [0.2, 0.25) is 5.02 Å². The van der Waals surface area contributed by atoms with Crippen molar-refractivity contribution in [2.45, 2.75) is 39.3 Å². The quantitative estimate of drug-likeness (QED) is 0.819. The molecular formula is C12H22ClN3O. The smallest absolute Gasteiger partial charge is 0.0834 e. The van der Waals surface area contributed by atoms with E-state index < -0.39 is 0 Å². The van der Waals surface area contributed by atoms with Gasteiger partial charge in [-0.15, -0.1) is 0 Å². The summed E-state index contributed by atoms with van der Waals surface area (Å²) in [6.07, 6.45) is 3.67. The Bertz CT molecular complexity index is 338. The van der Waals surface area contributed by atoms with Gasteiger partial charge < -0.3 is 10.5 Å². The molecular weight excluding hydrogens is 238 g/mol. The molecule has 0 amide bonds. The number of nitrogens with zero attached hydrogens (tertiary/aromatic N) is 2. The highest BCUT2D eigenvalue weighted by molar-refractivity contribution is 6.31. The second-order valence-electron chi connectivity index (χ2n) is 4.67. The van der Waals surface area contributed by atoms with Crippen molar-refractivity contribution in [2.75, 3.05) is 13.7 Å². The predicted octanol–water partition coefficient (Wildman–Crippen LogP) is 2.62. The first kappa shape index (κ1) is 14.5. The van der Waals surface area contributed by atoms with Gasteiger partial charge in [-0.25, -0.2) is 0 Å². The Morgan fingerprint density at radius 1 is 1.47 bits per heavy atom. The lowest BCUT2D eigenvalue weighted by atomic mass is 10.0. The molecule has 1 heterocycles. The molecule has 0 saturated carbocycles. The summed E-state index contributed by atoms with van der Waals surface area (Å²) in [4.78, 5) is 0. The Labute approximate surface area is 108 Å². The Hall–Kier alpha value is -0.580. The molecule has 1 aromatic rings. The summed E-state index contributed by atoms with van der Waals surface area (Å²) >= 11 is 6.13. The van der Waals surface area contributed by atoms with Gasteiger partial charge >= 0.3 is 0 Å². The fourth-order valence-electron chi connectivity index (χ4n) is 1.75. The highest BCUT2D eigenvalue weighted by Crippen LogP contribution is 2.25. The lowest BCUT2D eigenvalue weighted by molar-refractivity contribution is 0.182. The average Bonchev–Trinajstić information content (AvgIpc) is 2.64. The molecule has 0 bridgehead atoms. The highest BCUT2D eigenvalue weighted by Gasteiger charge is 2.16. The van der Waals surface area contributed by atoms with Crippen LogP contribution in [0.5, 0.6) is 0 Å². The van der Waals surface area contributed by atoms with E-state index in [1.165, 1.54) is 0 Å². The topological polar surface area (TPSA) is 53.1 Å². The maximum Gasteiger partial charge on any atom is 0.0834 e. The molecule has 5 heteroatoms. The standard InChI is InChI=1S/C12H22ClN3O/c1-9(2)4-5-11(14)12-10(13)8-15-16(12)6-7-17-3/h8-9,11H,4-7,14H2,1-3H3. The molecule has 4 nitrogen and oxygen atoms in total. The minimum atomic E-state index is -0.0516. The van der Waals surface area contributed by atoms with Crippen molar-refractivity contribution in [3.05, 3.63) is 16.9 Å².